The first-order valence-corrected chi connectivity index (χ1v) is 3.94. The Kier molecular flexibility index (Phi) is 2.94. The van der Waals surface area contributed by atoms with Crippen molar-refractivity contribution in [3.05, 3.63) is 24.3 Å². The summed E-state index contributed by atoms with van der Waals surface area (Å²) in [4.78, 5) is 3.97. The second-order valence-electron chi connectivity index (χ2n) is 2.25. The highest BCUT2D eigenvalue weighted by molar-refractivity contribution is 6.28. The maximum Gasteiger partial charge on any atom is 0.115 e. The lowest BCUT2D eigenvalue weighted by Gasteiger charge is -1.95. The van der Waals surface area contributed by atoms with E-state index in [1.54, 1.807) is 24.3 Å². The molecule has 0 aliphatic rings. The molecule has 12 heavy (non-hydrogen) atoms. The molecule has 0 heterocycles. The molecule has 0 aromatic heterocycles. The molecule has 3 N–H and O–H groups in total. The third-order valence-corrected chi connectivity index (χ3v) is 1.53. The molecule has 0 atom stereocenters. The number of halogens is 1. The van der Waals surface area contributed by atoms with Crippen LogP contribution in [0.25, 0.3) is 0 Å². The predicted molar refractivity (Wildman–Crippen MR) is 50.1 cm³/mol. The third-order valence-electron chi connectivity index (χ3n) is 1.26. The highest BCUT2D eigenvalue weighted by Crippen LogP contribution is 2.16. The van der Waals surface area contributed by atoms with Crippen LogP contribution in [0.3, 0.4) is 0 Å². The summed E-state index contributed by atoms with van der Waals surface area (Å²) in [6.45, 7) is 0. The van der Waals surface area contributed by atoms with E-state index in [9.17, 15) is 0 Å². The van der Waals surface area contributed by atoms with Crippen molar-refractivity contribution in [2.45, 2.75) is 0 Å². The van der Waals surface area contributed by atoms with Crippen LogP contribution in [0, 0.1) is 0 Å². The summed E-state index contributed by atoms with van der Waals surface area (Å²) in [7, 11) is 0. The molecule has 1 rings (SSSR count). The fourth-order valence-electron chi connectivity index (χ4n) is 0.723. The Morgan fingerprint density at radius 1 is 1.42 bits per heavy atom. The largest absolute Gasteiger partial charge is 0.508 e. The maximum absolute atomic E-state index is 8.94. The molecule has 1 aromatic rings. The molecule has 0 spiro atoms. The van der Waals surface area contributed by atoms with Gasteiger partial charge in [-0.25, -0.2) is 4.99 Å². The number of nitrogens with two attached hydrogens (primary N) is 1. The van der Waals surface area contributed by atoms with Gasteiger partial charge in [-0.2, -0.15) is 0 Å². The summed E-state index contributed by atoms with van der Waals surface area (Å²) < 4.78 is 0. The van der Waals surface area contributed by atoms with E-state index in [2.05, 4.69) is 4.99 Å². The number of nitrogens with zero attached hydrogens (tertiary/aromatic N) is 1. The van der Waals surface area contributed by atoms with E-state index in [1.807, 2.05) is 0 Å². The quantitative estimate of drug-likeness (QED) is 0.417. The Morgan fingerprint density at radius 2 is 2.00 bits per heavy atom. The first-order chi connectivity index (χ1) is 5.72. The summed E-state index contributed by atoms with van der Waals surface area (Å²) in [5.74, 6) is 0.779. The summed E-state index contributed by atoms with van der Waals surface area (Å²) >= 11 is 5.43. The molecule has 3 nitrogen and oxygen atoms in total. The van der Waals surface area contributed by atoms with Gasteiger partial charge in [0.25, 0.3) is 0 Å². The molecule has 0 aliphatic carbocycles. The molecule has 0 unspecified atom stereocenters. The molecule has 0 fully saturated rings. The minimum atomic E-state index is 0.207. The van der Waals surface area contributed by atoms with E-state index < -0.39 is 0 Å². The van der Waals surface area contributed by atoms with Gasteiger partial charge in [0.2, 0.25) is 0 Å². The second kappa shape index (κ2) is 3.97. The summed E-state index contributed by atoms with van der Waals surface area (Å²) in [5, 5.41) is 8.94. The van der Waals surface area contributed by atoms with E-state index in [-0.39, 0.29) is 11.6 Å². The van der Waals surface area contributed by atoms with Gasteiger partial charge in [0.15, 0.2) is 0 Å². The van der Waals surface area contributed by atoms with Crippen LogP contribution in [0.2, 0.25) is 0 Å². The molecule has 0 saturated heterocycles. The van der Waals surface area contributed by atoms with Crippen LogP contribution in [0.1, 0.15) is 0 Å². The zero-order valence-corrected chi connectivity index (χ0v) is 7.12. The number of benzene rings is 1. The number of hydrogen-bond donors (Lipinski definition) is 2. The Labute approximate surface area is 75.5 Å². The van der Waals surface area contributed by atoms with Gasteiger partial charge in [-0.05, 0) is 24.3 Å². The highest BCUT2D eigenvalue weighted by Gasteiger charge is 1.91. The van der Waals surface area contributed by atoms with Gasteiger partial charge in [0.1, 0.15) is 11.6 Å². The van der Waals surface area contributed by atoms with Crippen molar-refractivity contribution >= 4 is 23.1 Å². The monoisotopic (exact) mass is 184 g/mol. The third kappa shape index (κ3) is 2.43. The lowest BCUT2D eigenvalue weighted by atomic mass is 10.3. The standard InChI is InChI=1S/C8H9ClN2O/c9-5-8(10)11-6-1-3-7(12)4-2-6/h1-4,12H,5H2,(H2,10,11). The molecule has 0 amide bonds. The first kappa shape index (κ1) is 8.87. The van der Waals surface area contributed by atoms with E-state index in [0.29, 0.717) is 11.5 Å². The predicted octanol–water partition coefficient (Wildman–Crippen LogP) is 1.62. The van der Waals surface area contributed by atoms with Crippen molar-refractivity contribution in [3.63, 3.8) is 0 Å². The van der Waals surface area contributed by atoms with E-state index in [4.69, 9.17) is 22.4 Å². The molecule has 0 radical (unpaired) electrons. The smallest absolute Gasteiger partial charge is 0.115 e. The molecule has 0 bridgehead atoms. The number of rotatable bonds is 2. The van der Waals surface area contributed by atoms with Crippen LogP contribution in [-0.2, 0) is 0 Å². The lowest BCUT2D eigenvalue weighted by Crippen LogP contribution is -2.12. The minimum absolute atomic E-state index is 0.207. The maximum atomic E-state index is 8.94. The molecule has 64 valence electrons. The normalized spacial score (nSPS) is 11.6. The first-order valence-electron chi connectivity index (χ1n) is 3.40. The number of alkyl halides is 1. The SMILES string of the molecule is NC(CCl)=Nc1ccc(O)cc1. The number of phenolic OH excluding ortho intramolecular Hbond substituents is 1. The van der Waals surface area contributed by atoms with Crippen molar-refractivity contribution in [1.82, 2.24) is 0 Å². The molecule has 4 heteroatoms. The van der Waals surface area contributed by atoms with Crippen LogP contribution in [0.15, 0.2) is 29.3 Å². The van der Waals surface area contributed by atoms with Crippen molar-refractivity contribution in [2.75, 3.05) is 5.88 Å². The molecule has 1 aromatic carbocycles. The number of aromatic hydroxyl groups is 1. The van der Waals surface area contributed by atoms with E-state index in [0.717, 1.165) is 0 Å². The van der Waals surface area contributed by atoms with Crippen LogP contribution in [0.5, 0.6) is 5.75 Å². The Hall–Kier alpha value is -1.22. The van der Waals surface area contributed by atoms with Crippen LogP contribution < -0.4 is 5.73 Å². The lowest BCUT2D eigenvalue weighted by molar-refractivity contribution is 0.475. The van der Waals surface area contributed by atoms with Gasteiger partial charge in [-0.15, -0.1) is 11.6 Å². The van der Waals surface area contributed by atoms with Crippen LogP contribution >= 0.6 is 11.6 Å². The number of phenols is 1. The zero-order chi connectivity index (χ0) is 8.97. The fraction of sp³-hybridized carbons (Fsp3) is 0.125. The molecular weight excluding hydrogens is 176 g/mol. The Morgan fingerprint density at radius 3 is 2.50 bits per heavy atom. The fourth-order valence-corrected chi connectivity index (χ4v) is 0.783. The van der Waals surface area contributed by atoms with Gasteiger partial charge in [0, 0.05) is 0 Å². The van der Waals surface area contributed by atoms with Crippen molar-refractivity contribution in [1.29, 1.82) is 0 Å². The second-order valence-corrected chi connectivity index (χ2v) is 2.52. The number of amidine groups is 1. The number of aliphatic imine (C=N–C) groups is 1. The van der Waals surface area contributed by atoms with Gasteiger partial charge in [0.05, 0.1) is 11.6 Å². The highest BCUT2D eigenvalue weighted by atomic mass is 35.5. The van der Waals surface area contributed by atoms with Crippen molar-refractivity contribution in [2.24, 2.45) is 10.7 Å². The van der Waals surface area contributed by atoms with Gasteiger partial charge in [-0.3, -0.25) is 0 Å². The van der Waals surface area contributed by atoms with E-state index in [1.165, 1.54) is 0 Å². The average molecular weight is 185 g/mol. The average Bonchev–Trinajstić information content (AvgIpc) is 2.09. The van der Waals surface area contributed by atoms with Gasteiger partial charge >= 0.3 is 0 Å². The van der Waals surface area contributed by atoms with Crippen LogP contribution in [0.4, 0.5) is 5.69 Å². The van der Waals surface area contributed by atoms with E-state index >= 15 is 0 Å². The summed E-state index contributed by atoms with van der Waals surface area (Å²) in [5.41, 5.74) is 6.08. The van der Waals surface area contributed by atoms with Gasteiger partial charge in [-0.1, -0.05) is 0 Å². The van der Waals surface area contributed by atoms with Crippen molar-refractivity contribution in [3.8, 4) is 5.75 Å². The molecule has 0 saturated carbocycles. The van der Waals surface area contributed by atoms with Gasteiger partial charge < -0.3 is 10.8 Å². The zero-order valence-electron chi connectivity index (χ0n) is 6.37. The van der Waals surface area contributed by atoms with Crippen LogP contribution in [-0.4, -0.2) is 16.8 Å². The minimum Gasteiger partial charge on any atom is -0.508 e. The Balaban J connectivity index is 2.84. The summed E-state index contributed by atoms with van der Waals surface area (Å²) in [6, 6.07) is 6.41. The van der Waals surface area contributed by atoms with Crippen molar-refractivity contribution < 1.29 is 5.11 Å². The molecule has 0 aliphatic heterocycles. The topological polar surface area (TPSA) is 58.6 Å². The molecular formula is C8H9ClN2O. The number of hydrogen-bond acceptors (Lipinski definition) is 2. The Bertz CT molecular complexity index is 282. The summed E-state index contributed by atoms with van der Waals surface area (Å²) in [6.07, 6.45) is 0.